The molecular weight excluding hydrogens is 426 g/mol. The molecular formula is C17H12F6N2O5. The van der Waals surface area contributed by atoms with Gasteiger partial charge in [-0.25, -0.2) is 9.59 Å². The van der Waals surface area contributed by atoms with E-state index < -0.39 is 53.6 Å². The van der Waals surface area contributed by atoms with E-state index in [1.165, 1.54) is 12.3 Å². The molecule has 2 rings (SSSR count). The average molecular weight is 438 g/mol. The van der Waals surface area contributed by atoms with Gasteiger partial charge in [0.25, 0.3) is 5.91 Å². The zero-order chi connectivity index (χ0) is 22.5. The van der Waals surface area contributed by atoms with Crippen LogP contribution in [0.15, 0.2) is 41.0 Å². The lowest BCUT2D eigenvalue weighted by molar-refractivity contribution is -0.143. The van der Waals surface area contributed by atoms with Gasteiger partial charge in [-0.2, -0.15) is 26.3 Å². The summed E-state index contributed by atoms with van der Waals surface area (Å²) < 4.78 is 86.1. The summed E-state index contributed by atoms with van der Waals surface area (Å²) in [5.74, 6) is -2.41. The number of amides is 3. The zero-order valence-corrected chi connectivity index (χ0v) is 14.7. The zero-order valence-electron chi connectivity index (χ0n) is 14.7. The Hall–Kier alpha value is -3.51. The number of furan rings is 1. The third-order valence-corrected chi connectivity index (χ3v) is 3.41. The van der Waals surface area contributed by atoms with E-state index >= 15 is 0 Å². The summed E-state index contributed by atoms with van der Waals surface area (Å²) >= 11 is 0. The summed E-state index contributed by atoms with van der Waals surface area (Å²) in [6.07, 6.45) is -8.96. The number of ether oxygens (including phenoxy) is 1. The normalized spacial score (nSPS) is 11.7. The van der Waals surface area contributed by atoms with Crippen molar-refractivity contribution in [2.45, 2.75) is 18.9 Å². The van der Waals surface area contributed by atoms with Gasteiger partial charge in [0.15, 0.2) is 6.61 Å². The molecule has 0 bridgehead atoms. The fourth-order valence-corrected chi connectivity index (χ4v) is 2.07. The topological polar surface area (TPSA) is 97.6 Å². The summed E-state index contributed by atoms with van der Waals surface area (Å²) in [6.45, 7) is -1.19. The molecule has 0 saturated heterocycles. The highest BCUT2D eigenvalue weighted by Gasteiger charge is 2.37. The predicted molar refractivity (Wildman–Crippen MR) is 85.8 cm³/mol. The lowest BCUT2D eigenvalue weighted by Crippen LogP contribution is -2.41. The Kier molecular flexibility index (Phi) is 6.74. The number of nitrogens with one attached hydrogen (secondary N) is 2. The van der Waals surface area contributed by atoms with E-state index in [-0.39, 0.29) is 24.7 Å². The first-order valence-electron chi connectivity index (χ1n) is 7.93. The number of alkyl halides is 6. The second kappa shape index (κ2) is 8.88. The molecule has 0 fully saturated rings. The van der Waals surface area contributed by atoms with Gasteiger partial charge < -0.3 is 14.5 Å². The molecule has 0 spiro atoms. The molecule has 13 heteroatoms. The van der Waals surface area contributed by atoms with Gasteiger partial charge in [0.2, 0.25) is 0 Å². The number of esters is 1. The minimum absolute atomic E-state index is 0.0731. The summed E-state index contributed by atoms with van der Waals surface area (Å²) in [5, 5.41) is 3.98. The second-order valence-electron chi connectivity index (χ2n) is 5.68. The molecule has 0 aliphatic rings. The lowest BCUT2D eigenvalue weighted by atomic mass is 10.0. The second-order valence-corrected chi connectivity index (χ2v) is 5.68. The molecule has 1 aromatic carbocycles. The molecule has 1 aromatic heterocycles. The SMILES string of the molecule is O=C(COC(=O)c1cc(C(F)(F)F)cc(C(F)(F)F)c1)NC(=O)NCc1ccco1. The molecule has 1 heterocycles. The number of imide groups is 1. The predicted octanol–water partition coefficient (Wildman–Crippen LogP) is 3.50. The number of urea groups is 1. The van der Waals surface area contributed by atoms with Crippen molar-refractivity contribution in [1.29, 1.82) is 0 Å². The van der Waals surface area contributed by atoms with E-state index in [1.807, 2.05) is 0 Å². The molecule has 162 valence electrons. The van der Waals surface area contributed by atoms with Crippen LogP contribution in [-0.2, 0) is 28.4 Å². The van der Waals surface area contributed by atoms with Crippen LogP contribution in [0.3, 0.4) is 0 Å². The van der Waals surface area contributed by atoms with Crippen molar-refractivity contribution < 1.29 is 49.9 Å². The number of carbonyl (C=O) groups is 3. The van der Waals surface area contributed by atoms with E-state index in [0.717, 1.165) is 0 Å². The molecule has 0 saturated carbocycles. The highest BCUT2D eigenvalue weighted by Crippen LogP contribution is 2.36. The molecule has 0 aliphatic heterocycles. The Morgan fingerprint density at radius 2 is 1.57 bits per heavy atom. The molecule has 2 aromatic rings. The monoisotopic (exact) mass is 438 g/mol. The maximum Gasteiger partial charge on any atom is 0.416 e. The van der Waals surface area contributed by atoms with Crippen LogP contribution >= 0.6 is 0 Å². The van der Waals surface area contributed by atoms with E-state index in [2.05, 4.69) is 10.1 Å². The van der Waals surface area contributed by atoms with Gasteiger partial charge >= 0.3 is 24.4 Å². The molecule has 0 atom stereocenters. The van der Waals surface area contributed by atoms with Gasteiger partial charge in [-0.15, -0.1) is 0 Å². The van der Waals surface area contributed by atoms with Crippen molar-refractivity contribution in [3.63, 3.8) is 0 Å². The molecule has 7 nitrogen and oxygen atoms in total. The summed E-state index contributed by atoms with van der Waals surface area (Å²) in [5.41, 5.74) is -4.50. The molecule has 30 heavy (non-hydrogen) atoms. The van der Waals surface area contributed by atoms with Crippen molar-refractivity contribution in [3.05, 3.63) is 59.0 Å². The first-order valence-corrected chi connectivity index (χ1v) is 7.93. The highest BCUT2D eigenvalue weighted by molar-refractivity contribution is 5.97. The van der Waals surface area contributed by atoms with Crippen LogP contribution < -0.4 is 10.6 Å². The molecule has 0 unspecified atom stereocenters. The maximum atomic E-state index is 12.8. The van der Waals surface area contributed by atoms with Crippen molar-refractivity contribution >= 4 is 17.9 Å². The largest absolute Gasteiger partial charge is 0.467 e. The van der Waals surface area contributed by atoms with Crippen molar-refractivity contribution in [3.8, 4) is 0 Å². The Labute approximate surface area is 164 Å². The lowest BCUT2D eigenvalue weighted by Gasteiger charge is -2.13. The first-order chi connectivity index (χ1) is 13.9. The average Bonchev–Trinajstić information content (AvgIpc) is 3.16. The van der Waals surface area contributed by atoms with Crippen LogP contribution in [0.25, 0.3) is 0 Å². The molecule has 0 radical (unpaired) electrons. The Bertz CT molecular complexity index is 889. The summed E-state index contributed by atoms with van der Waals surface area (Å²) in [6, 6.07) is 2.25. The molecule has 2 N–H and O–H groups in total. The van der Waals surface area contributed by atoms with Gasteiger partial charge in [-0.05, 0) is 30.3 Å². The van der Waals surface area contributed by atoms with Crippen molar-refractivity contribution in [2.24, 2.45) is 0 Å². The van der Waals surface area contributed by atoms with Gasteiger partial charge in [0.05, 0.1) is 29.5 Å². The Balaban J connectivity index is 1.98. The van der Waals surface area contributed by atoms with Gasteiger partial charge in [0.1, 0.15) is 5.76 Å². The summed E-state index contributed by atoms with van der Waals surface area (Å²) in [4.78, 5) is 34.9. The highest BCUT2D eigenvalue weighted by atomic mass is 19.4. The van der Waals surface area contributed by atoms with Crippen LogP contribution in [0, 0.1) is 0 Å². The number of hydrogen-bond donors (Lipinski definition) is 2. The third kappa shape index (κ3) is 6.53. The number of hydrogen-bond acceptors (Lipinski definition) is 5. The van der Waals surface area contributed by atoms with Crippen LogP contribution in [0.2, 0.25) is 0 Å². The van der Waals surface area contributed by atoms with Gasteiger partial charge in [-0.1, -0.05) is 0 Å². The number of rotatable bonds is 5. The Morgan fingerprint density at radius 3 is 2.07 bits per heavy atom. The molecule has 3 amide bonds. The van der Waals surface area contributed by atoms with Gasteiger partial charge in [0, 0.05) is 0 Å². The van der Waals surface area contributed by atoms with Crippen molar-refractivity contribution in [2.75, 3.05) is 6.61 Å². The quantitative estimate of drug-likeness (QED) is 0.550. The first kappa shape index (κ1) is 22.8. The van der Waals surface area contributed by atoms with E-state index in [0.29, 0.717) is 5.76 Å². The number of benzene rings is 1. The van der Waals surface area contributed by atoms with Crippen LogP contribution in [0.4, 0.5) is 31.1 Å². The fourth-order valence-electron chi connectivity index (χ4n) is 2.07. The van der Waals surface area contributed by atoms with Gasteiger partial charge in [-0.3, -0.25) is 10.1 Å². The number of carbonyl (C=O) groups excluding carboxylic acids is 3. The van der Waals surface area contributed by atoms with Crippen LogP contribution in [-0.4, -0.2) is 24.5 Å². The smallest absolute Gasteiger partial charge is 0.416 e. The minimum Gasteiger partial charge on any atom is -0.467 e. The maximum absolute atomic E-state index is 12.8. The van der Waals surface area contributed by atoms with E-state index in [4.69, 9.17) is 4.42 Å². The third-order valence-electron chi connectivity index (χ3n) is 3.41. The van der Waals surface area contributed by atoms with E-state index in [9.17, 15) is 40.7 Å². The minimum atomic E-state index is -5.15. The number of halogens is 6. The summed E-state index contributed by atoms with van der Waals surface area (Å²) in [7, 11) is 0. The Morgan fingerprint density at radius 1 is 0.967 bits per heavy atom. The van der Waals surface area contributed by atoms with Crippen molar-refractivity contribution in [1.82, 2.24) is 10.6 Å². The van der Waals surface area contributed by atoms with Crippen LogP contribution in [0.5, 0.6) is 0 Å². The standard InChI is InChI=1S/C17H12F6N2O5/c18-16(19,20)10-4-9(5-11(6-10)17(21,22)23)14(27)30-8-13(26)25-15(28)24-7-12-2-1-3-29-12/h1-6H,7-8H2,(H2,24,25,26,28). The van der Waals surface area contributed by atoms with Crippen LogP contribution in [0.1, 0.15) is 27.2 Å². The molecule has 0 aliphatic carbocycles. The fraction of sp³-hybridized carbons (Fsp3) is 0.235. The van der Waals surface area contributed by atoms with E-state index in [1.54, 1.807) is 11.4 Å².